The van der Waals surface area contributed by atoms with Gasteiger partial charge in [0.1, 0.15) is 23.9 Å². The van der Waals surface area contributed by atoms with Crippen LogP contribution in [0.3, 0.4) is 0 Å². The summed E-state index contributed by atoms with van der Waals surface area (Å²) in [4.78, 5) is 15.2. The minimum atomic E-state index is 0.468. The van der Waals surface area contributed by atoms with E-state index in [2.05, 4.69) is 4.98 Å². The van der Waals surface area contributed by atoms with Gasteiger partial charge < -0.3 is 14.0 Å². The van der Waals surface area contributed by atoms with Crippen molar-refractivity contribution in [2.75, 3.05) is 13.2 Å². The van der Waals surface area contributed by atoms with Crippen LogP contribution in [0.2, 0.25) is 0 Å². The summed E-state index contributed by atoms with van der Waals surface area (Å²) in [5.74, 6) is 2.21. The Labute approximate surface area is 124 Å². The van der Waals surface area contributed by atoms with E-state index in [-0.39, 0.29) is 0 Å². The fraction of sp³-hybridized carbons (Fsp3) is 0.375. The second-order valence-electron chi connectivity index (χ2n) is 4.68. The van der Waals surface area contributed by atoms with Gasteiger partial charge in [0.25, 0.3) is 0 Å². The maximum Gasteiger partial charge on any atom is 0.153 e. The van der Waals surface area contributed by atoms with Gasteiger partial charge >= 0.3 is 0 Å². The van der Waals surface area contributed by atoms with Gasteiger partial charge in [0.2, 0.25) is 0 Å². The highest BCUT2D eigenvalue weighted by molar-refractivity contribution is 5.79. The quantitative estimate of drug-likeness (QED) is 0.701. The molecule has 5 heteroatoms. The molecule has 1 aromatic carbocycles. The predicted octanol–water partition coefficient (Wildman–Crippen LogP) is 2.87. The van der Waals surface area contributed by atoms with Gasteiger partial charge in [-0.15, -0.1) is 0 Å². The normalized spacial score (nSPS) is 10.4. The molecule has 0 fully saturated rings. The lowest BCUT2D eigenvalue weighted by molar-refractivity contribution is 0.111. The summed E-state index contributed by atoms with van der Waals surface area (Å²) in [7, 11) is 0. The van der Waals surface area contributed by atoms with Crippen molar-refractivity contribution in [3.63, 3.8) is 0 Å². The summed E-state index contributed by atoms with van der Waals surface area (Å²) >= 11 is 0. The van der Waals surface area contributed by atoms with Gasteiger partial charge in [0, 0.05) is 18.5 Å². The van der Waals surface area contributed by atoms with Crippen molar-refractivity contribution in [1.29, 1.82) is 0 Å². The fourth-order valence-corrected chi connectivity index (χ4v) is 1.94. The van der Waals surface area contributed by atoms with Gasteiger partial charge in [-0.05, 0) is 25.5 Å². The Bertz CT molecular complexity index is 593. The highest BCUT2D eigenvalue weighted by Gasteiger charge is 2.06. The van der Waals surface area contributed by atoms with E-state index in [1.54, 1.807) is 24.4 Å². The van der Waals surface area contributed by atoms with Crippen LogP contribution in [0.15, 0.2) is 30.6 Å². The molecule has 0 aliphatic rings. The summed E-state index contributed by atoms with van der Waals surface area (Å²) in [5, 5.41) is 0. The molecule has 0 aliphatic heterocycles. The van der Waals surface area contributed by atoms with Gasteiger partial charge in [0.15, 0.2) is 6.29 Å². The van der Waals surface area contributed by atoms with Crippen LogP contribution in [0.25, 0.3) is 0 Å². The van der Waals surface area contributed by atoms with Crippen molar-refractivity contribution in [3.8, 4) is 11.5 Å². The Hall–Kier alpha value is -2.30. The lowest BCUT2D eigenvalue weighted by Crippen LogP contribution is -2.09. The molecule has 0 saturated heterocycles. The number of ether oxygens (including phenoxy) is 2. The summed E-state index contributed by atoms with van der Waals surface area (Å²) in [6.45, 7) is 5.79. The van der Waals surface area contributed by atoms with E-state index in [0.29, 0.717) is 31.1 Å². The highest BCUT2D eigenvalue weighted by atomic mass is 16.5. The number of hydrogen-bond acceptors (Lipinski definition) is 4. The molecule has 2 rings (SSSR count). The van der Waals surface area contributed by atoms with Crippen LogP contribution in [0.5, 0.6) is 11.5 Å². The summed E-state index contributed by atoms with van der Waals surface area (Å²) in [6, 6.07) is 5.27. The van der Waals surface area contributed by atoms with Gasteiger partial charge in [-0.25, -0.2) is 4.98 Å². The monoisotopic (exact) mass is 288 g/mol. The Morgan fingerprint density at radius 2 is 2.14 bits per heavy atom. The molecule has 1 aromatic heterocycles. The van der Waals surface area contributed by atoms with Crippen LogP contribution in [0, 0.1) is 6.92 Å². The molecule has 21 heavy (non-hydrogen) atoms. The molecule has 112 valence electrons. The van der Waals surface area contributed by atoms with Gasteiger partial charge in [-0.3, -0.25) is 4.79 Å². The van der Waals surface area contributed by atoms with Crippen LogP contribution in [0.4, 0.5) is 0 Å². The summed E-state index contributed by atoms with van der Waals surface area (Å²) in [5.41, 5.74) is 0.529. The molecule has 5 nitrogen and oxygen atoms in total. The molecular formula is C16H20N2O3. The number of benzene rings is 1. The molecule has 0 amide bonds. The average molecular weight is 288 g/mol. The number of aromatic nitrogens is 2. The lowest BCUT2D eigenvalue weighted by Gasteiger charge is -2.12. The Morgan fingerprint density at radius 3 is 2.81 bits per heavy atom. The zero-order chi connectivity index (χ0) is 15.1. The standard InChI is InChI=1S/C16H20N2O3/c1-3-9-20-15-5-4-14(12-19)16(11-15)21-10-8-18-7-6-17-13(18)2/h4-7,11-12H,3,8-10H2,1-2H3. The molecular weight excluding hydrogens is 268 g/mol. The zero-order valence-corrected chi connectivity index (χ0v) is 12.4. The fourth-order valence-electron chi connectivity index (χ4n) is 1.94. The third kappa shape index (κ3) is 4.08. The van der Waals surface area contributed by atoms with Gasteiger partial charge in [-0.1, -0.05) is 6.92 Å². The predicted molar refractivity (Wildman–Crippen MR) is 80.1 cm³/mol. The maximum atomic E-state index is 11.1. The molecule has 1 heterocycles. The second-order valence-corrected chi connectivity index (χ2v) is 4.68. The van der Waals surface area contributed by atoms with Crippen molar-refractivity contribution in [2.24, 2.45) is 0 Å². The number of aldehydes is 1. The number of carbonyl (C=O) groups excluding carboxylic acids is 1. The van der Waals surface area contributed by atoms with E-state index in [4.69, 9.17) is 9.47 Å². The van der Waals surface area contributed by atoms with Crippen LogP contribution >= 0.6 is 0 Å². The molecule has 0 N–H and O–H groups in total. The second kappa shape index (κ2) is 7.47. The van der Waals surface area contributed by atoms with Crippen LogP contribution in [-0.4, -0.2) is 29.1 Å². The average Bonchev–Trinajstić information content (AvgIpc) is 2.91. The molecule has 0 spiro atoms. The van der Waals surface area contributed by atoms with Crippen molar-refractivity contribution >= 4 is 6.29 Å². The molecule has 0 saturated carbocycles. The van der Waals surface area contributed by atoms with Gasteiger partial charge in [-0.2, -0.15) is 0 Å². The first-order valence-electron chi connectivity index (χ1n) is 7.07. The molecule has 0 atom stereocenters. The minimum absolute atomic E-state index is 0.468. The van der Waals surface area contributed by atoms with Crippen molar-refractivity contribution < 1.29 is 14.3 Å². The van der Waals surface area contributed by atoms with Crippen LogP contribution < -0.4 is 9.47 Å². The summed E-state index contributed by atoms with van der Waals surface area (Å²) in [6.07, 6.45) is 5.39. The molecule has 0 bridgehead atoms. The lowest BCUT2D eigenvalue weighted by atomic mass is 10.2. The maximum absolute atomic E-state index is 11.1. The number of aryl methyl sites for hydroxylation is 1. The van der Waals surface area contributed by atoms with E-state index >= 15 is 0 Å². The SMILES string of the molecule is CCCOc1ccc(C=O)c(OCCn2ccnc2C)c1. The van der Waals surface area contributed by atoms with E-state index in [9.17, 15) is 4.79 Å². The van der Waals surface area contributed by atoms with Crippen LogP contribution in [-0.2, 0) is 6.54 Å². The Kier molecular flexibility index (Phi) is 5.37. The first-order chi connectivity index (χ1) is 10.2. The molecule has 2 aromatic rings. The molecule has 0 unspecified atom stereocenters. The Balaban J connectivity index is 1.99. The van der Waals surface area contributed by atoms with E-state index in [1.165, 1.54) is 0 Å². The first-order valence-corrected chi connectivity index (χ1v) is 7.07. The van der Waals surface area contributed by atoms with Crippen molar-refractivity contribution in [1.82, 2.24) is 9.55 Å². The third-order valence-corrected chi connectivity index (χ3v) is 3.10. The van der Waals surface area contributed by atoms with E-state index in [0.717, 1.165) is 24.3 Å². The topological polar surface area (TPSA) is 53.4 Å². The van der Waals surface area contributed by atoms with Gasteiger partial charge in [0.05, 0.1) is 18.7 Å². The number of nitrogens with zero attached hydrogens (tertiary/aromatic N) is 2. The molecule has 0 radical (unpaired) electrons. The Morgan fingerprint density at radius 1 is 1.29 bits per heavy atom. The van der Waals surface area contributed by atoms with Crippen molar-refractivity contribution in [2.45, 2.75) is 26.8 Å². The number of carbonyl (C=O) groups is 1. The first kappa shape index (κ1) is 15.1. The zero-order valence-electron chi connectivity index (χ0n) is 12.4. The molecule has 0 aliphatic carbocycles. The number of imidazole rings is 1. The number of rotatable bonds is 8. The summed E-state index contributed by atoms with van der Waals surface area (Å²) < 4.78 is 13.3. The highest BCUT2D eigenvalue weighted by Crippen LogP contribution is 2.24. The minimum Gasteiger partial charge on any atom is -0.493 e. The smallest absolute Gasteiger partial charge is 0.153 e. The largest absolute Gasteiger partial charge is 0.493 e. The van der Waals surface area contributed by atoms with E-state index < -0.39 is 0 Å². The number of hydrogen-bond donors (Lipinski definition) is 0. The third-order valence-electron chi connectivity index (χ3n) is 3.10. The van der Waals surface area contributed by atoms with E-state index in [1.807, 2.05) is 24.6 Å². The van der Waals surface area contributed by atoms with Crippen LogP contribution in [0.1, 0.15) is 29.5 Å². The van der Waals surface area contributed by atoms with Crippen molar-refractivity contribution in [3.05, 3.63) is 42.0 Å².